The minimum atomic E-state index is -3.88. The first-order valence-electron chi connectivity index (χ1n) is 13.4. The Kier molecular flexibility index (Phi) is 9.80. The monoisotopic (exact) mass is 578 g/mol. The summed E-state index contributed by atoms with van der Waals surface area (Å²) in [7, 11) is -1.71. The number of nitrogens with zero attached hydrogens (tertiary/aromatic N) is 2. The molecule has 0 aliphatic carbocycles. The van der Waals surface area contributed by atoms with Crippen molar-refractivity contribution in [2.75, 3.05) is 20.1 Å². The number of benzene rings is 3. The Hall–Kier alpha value is -4.15. The van der Waals surface area contributed by atoms with Gasteiger partial charge in [0.05, 0.1) is 0 Å². The lowest BCUT2D eigenvalue weighted by Gasteiger charge is -2.28. The fraction of sp³-hybridized carbons (Fsp3) is 0.290. The van der Waals surface area contributed by atoms with E-state index in [2.05, 4.69) is 53.0 Å². The van der Waals surface area contributed by atoms with Crippen LogP contribution in [0.3, 0.4) is 0 Å². The number of aryl methyl sites for hydroxylation is 2. The van der Waals surface area contributed by atoms with Gasteiger partial charge in [-0.2, -0.15) is 8.42 Å². The molecule has 0 radical (unpaired) electrons. The van der Waals surface area contributed by atoms with Gasteiger partial charge in [0.1, 0.15) is 10.6 Å². The van der Waals surface area contributed by atoms with Crippen molar-refractivity contribution in [1.82, 2.24) is 9.47 Å². The van der Waals surface area contributed by atoms with E-state index in [0.717, 1.165) is 56.2 Å². The van der Waals surface area contributed by atoms with E-state index in [1.165, 1.54) is 11.1 Å². The van der Waals surface area contributed by atoms with Gasteiger partial charge in [-0.15, -0.1) is 0 Å². The SMILES string of the molecule is CN1CCC(c2cn(CCCc3ccccc3)c3ccc(OS(=O)(=O)c4ccccc4)cc23)CC1.O=C(O)C(=O)O. The Morgan fingerprint density at radius 2 is 1.51 bits per heavy atom. The molecule has 216 valence electrons. The quantitative estimate of drug-likeness (QED) is 0.221. The molecule has 2 heterocycles. The van der Waals surface area contributed by atoms with Gasteiger partial charge in [-0.05, 0) is 93.2 Å². The molecule has 0 bridgehead atoms. The van der Waals surface area contributed by atoms with E-state index in [-0.39, 0.29) is 4.90 Å². The minimum Gasteiger partial charge on any atom is -0.473 e. The molecule has 1 fully saturated rings. The van der Waals surface area contributed by atoms with Crippen LogP contribution < -0.4 is 4.18 Å². The molecule has 1 aliphatic heterocycles. The molecule has 1 aromatic heterocycles. The van der Waals surface area contributed by atoms with E-state index in [1.54, 1.807) is 36.4 Å². The Morgan fingerprint density at radius 3 is 2.12 bits per heavy atom. The van der Waals surface area contributed by atoms with Crippen molar-refractivity contribution < 1.29 is 32.4 Å². The van der Waals surface area contributed by atoms with Gasteiger partial charge in [0.15, 0.2) is 0 Å². The molecule has 2 N–H and O–H groups in total. The van der Waals surface area contributed by atoms with Gasteiger partial charge in [0, 0.05) is 23.6 Å². The Bertz CT molecular complexity index is 1570. The largest absolute Gasteiger partial charge is 0.473 e. The van der Waals surface area contributed by atoms with E-state index >= 15 is 0 Å². The molecule has 4 aromatic rings. The molecule has 1 saturated heterocycles. The second-order valence-corrected chi connectivity index (χ2v) is 11.6. The zero-order chi connectivity index (χ0) is 29.4. The van der Waals surface area contributed by atoms with Crippen molar-refractivity contribution in [3.05, 3.63) is 96.2 Å². The molecule has 0 spiro atoms. The number of aliphatic carboxylic acids is 2. The Labute approximate surface area is 239 Å². The summed E-state index contributed by atoms with van der Waals surface area (Å²) in [5, 5.41) is 15.9. The third-order valence-electron chi connectivity index (χ3n) is 7.17. The van der Waals surface area contributed by atoms with Crippen LogP contribution in [0.1, 0.15) is 36.3 Å². The summed E-state index contributed by atoms with van der Waals surface area (Å²) in [6, 6.07) is 24.6. The van der Waals surface area contributed by atoms with Gasteiger partial charge < -0.3 is 23.9 Å². The van der Waals surface area contributed by atoms with Gasteiger partial charge in [0.2, 0.25) is 0 Å². The predicted molar refractivity (Wildman–Crippen MR) is 156 cm³/mol. The Morgan fingerprint density at radius 1 is 0.902 bits per heavy atom. The number of rotatable bonds is 8. The first-order chi connectivity index (χ1) is 19.6. The molecule has 5 rings (SSSR count). The van der Waals surface area contributed by atoms with Crippen molar-refractivity contribution in [3.8, 4) is 5.75 Å². The molecule has 0 saturated carbocycles. The van der Waals surface area contributed by atoms with Crippen molar-refractivity contribution in [2.24, 2.45) is 0 Å². The van der Waals surface area contributed by atoms with Crippen LogP contribution in [0, 0.1) is 0 Å². The van der Waals surface area contributed by atoms with Crippen LogP contribution in [0.2, 0.25) is 0 Å². The lowest BCUT2D eigenvalue weighted by atomic mass is 9.89. The number of likely N-dealkylation sites (tertiary alicyclic amines) is 1. The highest BCUT2D eigenvalue weighted by molar-refractivity contribution is 7.87. The highest BCUT2D eigenvalue weighted by Gasteiger charge is 2.24. The lowest BCUT2D eigenvalue weighted by Crippen LogP contribution is -2.29. The van der Waals surface area contributed by atoms with Crippen molar-refractivity contribution >= 4 is 33.0 Å². The Balaban J connectivity index is 0.000000585. The summed E-state index contributed by atoms with van der Waals surface area (Å²) in [6.07, 6.45) is 6.57. The highest BCUT2D eigenvalue weighted by Crippen LogP contribution is 2.36. The molecule has 10 heteroatoms. The second-order valence-electron chi connectivity index (χ2n) is 10.1. The number of hydrogen-bond donors (Lipinski definition) is 2. The van der Waals surface area contributed by atoms with E-state index in [1.807, 2.05) is 12.1 Å². The van der Waals surface area contributed by atoms with Crippen LogP contribution in [-0.2, 0) is 32.7 Å². The van der Waals surface area contributed by atoms with Crippen LogP contribution >= 0.6 is 0 Å². The third kappa shape index (κ3) is 7.96. The number of carboxylic acid groups (broad SMARTS) is 2. The smallest absolute Gasteiger partial charge is 0.414 e. The fourth-order valence-electron chi connectivity index (χ4n) is 5.05. The van der Waals surface area contributed by atoms with Crippen LogP contribution in [0.5, 0.6) is 5.75 Å². The molecule has 1 aliphatic rings. The number of piperidine rings is 1. The summed E-state index contributed by atoms with van der Waals surface area (Å²) in [5.74, 6) is -2.83. The molecule has 0 unspecified atom stereocenters. The molecule has 9 nitrogen and oxygen atoms in total. The lowest BCUT2D eigenvalue weighted by molar-refractivity contribution is -0.159. The standard InChI is InChI=1S/C29H32N2O3S.C2H2O4/c1-30-19-16-24(17-20-30)28-22-31(18-8-11-23-9-4-2-5-10-23)29-15-14-25(21-27(28)29)34-35(32,33)26-12-6-3-7-13-26;3-1(4)2(5)6/h2-7,9-10,12-15,21-22,24H,8,11,16-20H2,1H3;(H,3,4)(H,5,6). The molecule has 0 atom stereocenters. The normalized spacial score (nSPS) is 14.3. The summed E-state index contributed by atoms with van der Waals surface area (Å²) < 4.78 is 33.5. The highest BCUT2D eigenvalue weighted by atomic mass is 32.2. The third-order valence-corrected chi connectivity index (χ3v) is 8.43. The number of aromatic nitrogens is 1. The topological polar surface area (TPSA) is 126 Å². The van der Waals surface area contributed by atoms with E-state index in [4.69, 9.17) is 24.0 Å². The number of carboxylic acids is 2. The second kappa shape index (κ2) is 13.5. The minimum absolute atomic E-state index is 0.161. The van der Waals surface area contributed by atoms with Gasteiger partial charge >= 0.3 is 22.1 Å². The average molecular weight is 579 g/mol. The predicted octanol–water partition coefficient (Wildman–Crippen LogP) is 5.01. The maximum absolute atomic E-state index is 12.8. The molecular weight excluding hydrogens is 544 g/mol. The average Bonchev–Trinajstić information content (AvgIpc) is 3.32. The van der Waals surface area contributed by atoms with Gasteiger partial charge in [0.25, 0.3) is 0 Å². The summed E-state index contributed by atoms with van der Waals surface area (Å²) in [4.78, 5) is 20.7. The zero-order valence-electron chi connectivity index (χ0n) is 22.8. The maximum Gasteiger partial charge on any atom is 0.414 e. The van der Waals surface area contributed by atoms with Gasteiger partial charge in [-0.3, -0.25) is 0 Å². The van der Waals surface area contributed by atoms with Crippen molar-refractivity contribution in [2.45, 2.75) is 43.0 Å². The summed E-state index contributed by atoms with van der Waals surface area (Å²) in [6.45, 7) is 3.06. The van der Waals surface area contributed by atoms with E-state index in [0.29, 0.717) is 11.7 Å². The van der Waals surface area contributed by atoms with Crippen LogP contribution in [-0.4, -0.2) is 60.2 Å². The first-order valence-corrected chi connectivity index (χ1v) is 14.9. The van der Waals surface area contributed by atoms with Crippen molar-refractivity contribution in [1.29, 1.82) is 0 Å². The van der Waals surface area contributed by atoms with Gasteiger partial charge in [-0.25, -0.2) is 9.59 Å². The summed E-state index contributed by atoms with van der Waals surface area (Å²) in [5.41, 5.74) is 3.79. The van der Waals surface area contributed by atoms with E-state index < -0.39 is 22.1 Å². The number of carbonyl (C=O) groups is 2. The van der Waals surface area contributed by atoms with Crippen LogP contribution in [0.25, 0.3) is 10.9 Å². The molecule has 3 aromatic carbocycles. The first kappa shape index (κ1) is 29.8. The van der Waals surface area contributed by atoms with Crippen molar-refractivity contribution in [3.63, 3.8) is 0 Å². The molecular formula is C31H34N2O7S. The molecule has 41 heavy (non-hydrogen) atoms. The number of hydrogen-bond acceptors (Lipinski definition) is 6. The maximum atomic E-state index is 12.8. The molecule has 0 amide bonds. The van der Waals surface area contributed by atoms with Crippen LogP contribution in [0.15, 0.2) is 90.0 Å². The zero-order valence-corrected chi connectivity index (χ0v) is 23.7. The summed E-state index contributed by atoms with van der Waals surface area (Å²) >= 11 is 0. The fourth-order valence-corrected chi connectivity index (χ4v) is 5.99. The van der Waals surface area contributed by atoms with Crippen LogP contribution in [0.4, 0.5) is 0 Å². The number of fused-ring (bicyclic) bond motifs is 1. The van der Waals surface area contributed by atoms with E-state index in [9.17, 15) is 8.42 Å². The van der Waals surface area contributed by atoms with Gasteiger partial charge in [-0.1, -0.05) is 48.5 Å².